The van der Waals surface area contributed by atoms with Gasteiger partial charge >= 0.3 is 0 Å². The Labute approximate surface area is 160 Å². The summed E-state index contributed by atoms with van der Waals surface area (Å²) in [7, 11) is 0. The van der Waals surface area contributed by atoms with Gasteiger partial charge in [0.25, 0.3) is 5.91 Å². The van der Waals surface area contributed by atoms with E-state index in [2.05, 4.69) is 5.32 Å². The zero-order valence-corrected chi connectivity index (χ0v) is 15.7. The van der Waals surface area contributed by atoms with Crippen molar-refractivity contribution in [2.75, 3.05) is 19.7 Å². The standard InChI is InChI=1S/C21H27N3O3/c22-14-16-6-8-19(9-7-16)27-15-20(25)24-12-10-18(11-13-24)23-21(26)17-4-2-1-3-5-17/h6-9,17-18H,1-5,10-13,15H2,(H,23,26). The summed E-state index contributed by atoms with van der Waals surface area (Å²) in [4.78, 5) is 26.5. The molecule has 2 fully saturated rings. The third-order valence-corrected chi connectivity index (χ3v) is 5.52. The van der Waals surface area contributed by atoms with E-state index in [0.29, 0.717) is 24.4 Å². The smallest absolute Gasteiger partial charge is 0.260 e. The number of ether oxygens (including phenoxy) is 1. The van der Waals surface area contributed by atoms with E-state index in [1.54, 1.807) is 29.2 Å². The van der Waals surface area contributed by atoms with E-state index in [4.69, 9.17) is 10.00 Å². The Hall–Kier alpha value is -2.55. The third-order valence-electron chi connectivity index (χ3n) is 5.52. The van der Waals surface area contributed by atoms with Crippen LogP contribution >= 0.6 is 0 Å². The van der Waals surface area contributed by atoms with E-state index < -0.39 is 0 Å². The van der Waals surface area contributed by atoms with Crippen molar-refractivity contribution in [1.29, 1.82) is 5.26 Å². The molecule has 0 radical (unpaired) electrons. The number of nitriles is 1. The summed E-state index contributed by atoms with van der Waals surface area (Å²) >= 11 is 0. The number of hydrogen-bond acceptors (Lipinski definition) is 4. The Balaban J connectivity index is 1.38. The van der Waals surface area contributed by atoms with Gasteiger partial charge in [-0.15, -0.1) is 0 Å². The highest BCUT2D eigenvalue weighted by Gasteiger charge is 2.27. The molecule has 144 valence electrons. The van der Waals surface area contributed by atoms with E-state index in [9.17, 15) is 9.59 Å². The van der Waals surface area contributed by atoms with E-state index in [1.807, 2.05) is 6.07 Å². The minimum absolute atomic E-state index is 0.00893. The van der Waals surface area contributed by atoms with Crippen molar-refractivity contribution in [2.45, 2.75) is 51.0 Å². The average molecular weight is 369 g/mol. The van der Waals surface area contributed by atoms with Gasteiger partial charge < -0.3 is 15.0 Å². The normalized spacial score (nSPS) is 18.6. The number of benzene rings is 1. The van der Waals surface area contributed by atoms with Crippen LogP contribution in [-0.2, 0) is 9.59 Å². The van der Waals surface area contributed by atoms with Crippen molar-refractivity contribution in [2.24, 2.45) is 5.92 Å². The molecule has 1 aromatic rings. The lowest BCUT2D eigenvalue weighted by atomic mass is 9.88. The van der Waals surface area contributed by atoms with Gasteiger partial charge in [-0.2, -0.15) is 5.26 Å². The van der Waals surface area contributed by atoms with Gasteiger partial charge in [0, 0.05) is 25.0 Å². The Bertz CT molecular complexity index is 682. The number of piperidine rings is 1. The molecule has 1 N–H and O–H groups in total. The Morgan fingerprint density at radius 2 is 1.74 bits per heavy atom. The number of carbonyl (C=O) groups is 2. The van der Waals surface area contributed by atoms with Crippen LogP contribution in [0.15, 0.2) is 24.3 Å². The minimum atomic E-state index is -0.0450. The second kappa shape index (κ2) is 9.40. The van der Waals surface area contributed by atoms with Crippen molar-refractivity contribution < 1.29 is 14.3 Å². The molecule has 0 unspecified atom stereocenters. The second-order valence-electron chi connectivity index (χ2n) is 7.42. The van der Waals surface area contributed by atoms with Gasteiger partial charge in [0.15, 0.2) is 6.61 Å². The summed E-state index contributed by atoms with van der Waals surface area (Å²) in [6, 6.07) is 8.94. The molecule has 2 amide bonds. The van der Waals surface area contributed by atoms with Crippen LogP contribution in [0.3, 0.4) is 0 Å². The lowest BCUT2D eigenvalue weighted by Gasteiger charge is -2.33. The van der Waals surface area contributed by atoms with E-state index in [0.717, 1.165) is 38.5 Å². The topological polar surface area (TPSA) is 82.4 Å². The molecule has 1 saturated carbocycles. The molecule has 1 aliphatic carbocycles. The monoisotopic (exact) mass is 369 g/mol. The Morgan fingerprint density at radius 3 is 2.37 bits per heavy atom. The highest BCUT2D eigenvalue weighted by Crippen LogP contribution is 2.24. The zero-order valence-electron chi connectivity index (χ0n) is 15.7. The maximum absolute atomic E-state index is 12.4. The molecule has 6 nitrogen and oxygen atoms in total. The van der Waals surface area contributed by atoms with Crippen LogP contribution in [0.25, 0.3) is 0 Å². The summed E-state index contributed by atoms with van der Waals surface area (Å²) in [6.45, 7) is 1.28. The predicted octanol–water partition coefficient (Wildman–Crippen LogP) is 2.62. The molecule has 1 aromatic carbocycles. The summed E-state index contributed by atoms with van der Waals surface area (Å²) in [5.74, 6) is 0.913. The number of nitrogens with one attached hydrogen (secondary N) is 1. The molecule has 2 aliphatic rings. The third kappa shape index (κ3) is 5.46. The van der Waals surface area contributed by atoms with Crippen molar-refractivity contribution in [3.8, 4) is 11.8 Å². The van der Waals surface area contributed by atoms with Gasteiger partial charge in [-0.25, -0.2) is 0 Å². The van der Waals surface area contributed by atoms with Crippen LogP contribution in [0.5, 0.6) is 5.75 Å². The molecular formula is C21H27N3O3. The van der Waals surface area contributed by atoms with Crippen molar-refractivity contribution in [3.63, 3.8) is 0 Å². The van der Waals surface area contributed by atoms with Gasteiger partial charge in [-0.3, -0.25) is 9.59 Å². The fraction of sp³-hybridized carbons (Fsp3) is 0.571. The molecular weight excluding hydrogens is 342 g/mol. The zero-order chi connectivity index (χ0) is 19.1. The predicted molar refractivity (Wildman–Crippen MR) is 101 cm³/mol. The van der Waals surface area contributed by atoms with Crippen LogP contribution < -0.4 is 10.1 Å². The van der Waals surface area contributed by atoms with Crippen molar-refractivity contribution in [1.82, 2.24) is 10.2 Å². The van der Waals surface area contributed by atoms with Gasteiger partial charge in [-0.05, 0) is 49.9 Å². The SMILES string of the molecule is N#Cc1ccc(OCC(=O)N2CCC(NC(=O)C3CCCCC3)CC2)cc1. The van der Waals surface area contributed by atoms with Crippen LogP contribution in [0.2, 0.25) is 0 Å². The number of carbonyl (C=O) groups excluding carboxylic acids is 2. The maximum atomic E-state index is 12.4. The molecule has 1 saturated heterocycles. The summed E-state index contributed by atoms with van der Waals surface area (Å²) < 4.78 is 5.52. The van der Waals surface area contributed by atoms with Gasteiger partial charge in [-0.1, -0.05) is 19.3 Å². The highest BCUT2D eigenvalue weighted by molar-refractivity contribution is 5.79. The molecule has 1 heterocycles. The summed E-state index contributed by atoms with van der Waals surface area (Å²) in [5, 5.41) is 12.0. The van der Waals surface area contributed by atoms with Crippen molar-refractivity contribution >= 4 is 11.8 Å². The quantitative estimate of drug-likeness (QED) is 0.865. The van der Waals surface area contributed by atoms with Crippen LogP contribution in [0.1, 0.15) is 50.5 Å². The lowest BCUT2D eigenvalue weighted by Crippen LogP contribution is -2.48. The molecule has 0 spiro atoms. The molecule has 3 rings (SSSR count). The number of amides is 2. The van der Waals surface area contributed by atoms with Crippen LogP contribution in [0.4, 0.5) is 0 Å². The fourth-order valence-corrected chi connectivity index (χ4v) is 3.82. The van der Waals surface area contributed by atoms with Gasteiger partial charge in [0.05, 0.1) is 11.6 Å². The largest absolute Gasteiger partial charge is 0.484 e. The van der Waals surface area contributed by atoms with Crippen LogP contribution in [-0.4, -0.2) is 42.5 Å². The summed E-state index contributed by atoms with van der Waals surface area (Å²) in [5.41, 5.74) is 0.561. The first kappa shape index (κ1) is 19.2. The Kier molecular flexibility index (Phi) is 6.69. The Morgan fingerprint density at radius 1 is 1.07 bits per heavy atom. The van der Waals surface area contributed by atoms with E-state index in [1.165, 1.54) is 6.42 Å². The second-order valence-corrected chi connectivity index (χ2v) is 7.42. The molecule has 27 heavy (non-hydrogen) atoms. The molecule has 0 bridgehead atoms. The lowest BCUT2D eigenvalue weighted by molar-refractivity contribution is -0.134. The molecule has 6 heteroatoms. The van der Waals surface area contributed by atoms with Crippen LogP contribution in [0, 0.1) is 17.2 Å². The highest BCUT2D eigenvalue weighted by atomic mass is 16.5. The number of rotatable bonds is 5. The minimum Gasteiger partial charge on any atom is -0.484 e. The number of hydrogen-bond donors (Lipinski definition) is 1. The molecule has 0 atom stereocenters. The fourth-order valence-electron chi connectivity index (χ4n) is 3.82. The van der Waals surface area contributed by atoms with Gasteiger partial charge in [0.2, 0.25) is 5.91 Å². The van der Waals surface area contributed by atoms with E-state index in [-0.39, 0.29) is 30.4 Å². The number of nitrogens with zero attached hydrogens (tertiary/aromatic N) is 2. The van der Waals surface area contributed by atoms with Gasteiger partial charge in [0.1, 0.15) is 5.75 Å². The summed E-state index contributed by atoms with van der Waals surface area (Å²) in [6.07, 6.45) is 7.16. The first-order valence-electron chi connectivity index (χ1n) is 9.87. The molecule has 1 aliphatic heterocycles. The molecule has 0 aromatic heterocycles. The average Bonchev–Trinajstić information content (AvgIpc) is 2.73. The first-order chi connectivity index (χ1) is 13.2. The first-order valence-corrected chi connectivity index (χ1v) is 9.87. The maximum Gasteiger partial charge on any atom is 0.260 e. The van der Waals surface area contributed by atoms with E-state index >= 15 is 0 Å². The number of likely N-dealkylation sites (tertiary alicyclic amines) is 1. The van der Waals surface area contributed by atoms with Crippen molar-refractivity contribution in [3.05, 3.63) is 29.8 Å².